The van der Waals surface area contributed by atoms with E-state index in [2.05, 4.69) is 30.4 Å². The third kappa shape index (κ3) is 2.22. The highest BCUT2D eigenvalue weighted by atomic mass is 16.2. The number of hydrogen-bond acceptors (Lipinski definition) is 4. The number of rotatable bonds is 2. The van der Waals surface area contributed by atoms with Gasteiger partial charge in [-0.1, -0.05) is 12.8 Å². The molecule has 0 bridgehead atoms. The van der Waals surface area contributed by atoms with Gasteiger partial charge in [0.1, 0.15) is 5.82 Å². The molecule has 4 rings (SSSR count). The average Bonchev–Trinajstić information content (AvgIpc) is 3.32. The molecule has 2 amide bonds. The van der Waals surface area contributed by atoms with E-state index in [1.807, 2.05) is 6.07 Å². The maximum Gasteiger partial charge on any atom is 0.314 e. The third-order valence-corrected chi connectivity index (χ3v) is 4.61. The van der Waals surface area contributed by atoms with Gasteiger partial charge in [-0.25, -0.2) is 9.97 Å². The molecule has 0 unspecified atom stereocenters. The third-order valence-electron chi connectivity index (χ3n) is 4.61. The number of aromatic amines is 1. The summed E-state index contributed by atoms with van der Waals surface area (Å²) in [5.41, 5.74) is 1.65. The van der Waals surface area contributed by atoms with Crippen LogP contribution in [0.1, 0.15) is 31.7 Å². The second-order valence-electron chi connectivity index (χ2n) is 6.03. The second kappa shape index (κ2) is 5.63. The van der Waals surface area contributed by atoms with Gasteiger partial charge in [-0.05, 0) is 18.9 Å². The number of H-pyrrole nitrogens is 1. The summed E-state index contributed by atoms with van der Waals surface area (Å²) in [6.45, 7) is 0. The molecule has 1 aliphatic carbocycles. The molecule has 124 valence electrons. The highest BCUT2D eigenvalue weighted by molar-refractivity contribution is 6.40. The smallest absolute Gasteiger partial charge is 0.314 e. The Kier molecular flexibility index (Phi) is 3.44. The van der Waals surface area contributed by atoms with Gasteiger partial charge in [-0.3, -0.25) is 19.4 Å². The van der Waals surface area contributed by atoms with Crippen molar-refractivity contribution >= 4 is 39.6 Å². The fourth-order valence-corrected chi connectivity index (χ4v) is 3.44. The molecular formula is C16H18N6O2. The molecule has 3 aromatic rings. The summed E-state index contributed by atoms with van der Waals surface area (Å²) < 4.78 is 2.09. The average molecular weight is 326 g/mol. The molecule has 3 heterocycles. The van der Waals surface area contributed by atoms with Gasteiger partial charge in [0.05, 0.1) is 16.9 Å². The van der Waals surface area contributed by atoms with Gasteiger partial charge < -0.3 is 10.6 Å². The predicted octanol–water partition coefficient (Wildman–Crippen LogP) is 1.71. The summed E-state index contributed by atoms with van der Waals surface area (Å²) in [5, 5.41) is 9.95. The molecule has 0 spiro atoms. The quantitative estimate of drug-likeness (QED) is 0.623. The van der Waals surface area contributed by atoms with Crippen molar-refractivity contribution in [3.63, 3.8) is 0 Å². The largest absolute Gasteiger partial charge is 0.351 e. The zero-order valence-corrected chi connectivity index (χ0v) is 13.3. The van der Waals surface area contributed by atoms with Crippen molar-refractivity contribution in [2.24, 2.45) is 0 Å². The molecule has 3 aromatic heterocycles. The molecule has 0 aliphatic heterocycles. The Balaban J connectivity index is 1.88. The first kappa shape index (κ1) is 14.7. The topological polar surface area (TPSA) is 105 Å². The molecule has 0 atom stereocenters. The number of fused-ring (bicyclic) bond motifs is 3. The Morgan fingerprint density at radius 2 is 2.00 bits per heavy atom. The molecule has 1 saturated carbocycles. The number of hydrogen-bond donors (Lipinski definition) is 3. The van der Waals surface area contributed by atoms with E-state index in [0.29, 0.717) is 17.5 Å². The fraction of sp³-hybridized carbons (Fsp3) is 0.375. The minimum absolute atomic E-state index is 0.346. The number of nitrogens with one attached hydrogen (secondary N) is 3. The van der Waals surface area contributed by atoms with Gasteiger partial charge >= 0.3 is 11.8 Å². The summed E-state index contributed by atoms with van der Waals surface area (Å²) >= 11 is 0. The summed E-state index contributed by atoms with van der Waals surface area (Å²) in [6.07, 6.45) is 7.96. The van der Waals surface area contributed by atoms with E-state index >= 15 is 0 Å². The van der Waals surface area contributed by atoms with Crippen molar-refractivity contribution in [2.75, 3.05) is 12.4 Å². The number of carbonyl (C=O) groups is 2. The molecular weight excluding hydrogens is 308 g/mol. The van der Waals surface area contributed by atoms with E-state index in [-0.39, 0.29) is 0 Å². The fourth-order valence-electron chi connectivity index (χ4n) is 3.44. The lowest BCUT2D eigenvalue weighted by atomic mass is 10.2. The number of carbonyl (C=O) groups excluding carboxylic acids is 2. The van der Waals surface area contributed by atoms with Crippen molar-refractivity contribution in [3.8, 4) is 0 Å². The van der Waals surface area contributed by atoms with Gasteiger partial charge in [0.25, 0.3) is 0 Å². The van der Waals surface area contributed by atoms with Crippen molar-refractivity contribution in [3.05, 3.63) is 18.5 Å². The van der Waals surface area contributed by atoms with E-state index in [4.69, 9.17) is 0 Å². The summed E-state index contributed by atoms with van der Waals surface area (Å²) in [5.74, 6) is -0.907. The van der Waals surface area contributed by atoms with Crippen LogP contribution in [-0.2, 0) is 9.59 Å². The Hall–Kier alpha value is -2.90. The summed E-state index contributed by atoms with van der Waals surface area (Å²) in [6, 6.07) is 2.27. The van der Waals surface area contributed by atoms with E-state index in [9.17, 15) is 9.59 Å². The molecule has 0 saturated heterocycles. The SMILES string of the molecule is CNC(=O)C(=O)Nc1[nH]n(C2CCCC2)c2c1cnc1nccc12. The lowest BCUT2D eigenvalue weighted by molar-refractivity contribution is -0.135. The number of aromatic nitrogens is 4. The molecule has 1 fully saturated rings. The highest BCUT2D eigenvalue weighted by Crippen LogP contribution is 2.36. The Morgan fingerprint density at radius 3 is 2.75 bits per heavy atom. The second-order valence-corrected chi connectivity index (χ2v) is 6.03. The molecule has 24 heavy (non-hydrogen) atoms. The lowest BCUT2D eigenvalue weighted by Gasteiger charge is -2.13. The summed E-state index contributed by atoms with van der Waals surface area (Å²) in [7, 11) is 1.42. The van der Waals surface area contributed by atoms with Gasteiger partial charge in [-0.2, -0.15) is 0 Å². The normalized spacial score (nSPS) is 15.2. The van der Waals surface area contributed by atoms with Crippen LogP contribution < -0.4 is 10.6 Å². The minimum atomic E-state index is -0.708. The maximum atomic E-state index is 11.9. The van der Waals surface area contributed by atoms with Gasteiger partial charge in [0.15, 0.2) is 5.65 Å². The van der Waals surface area contributed by atoms with Gasteiger partial charge in [-0.15, -0.1) is 0 Å². The first-order chi connectivity index (χ1) is 11.7. The van der Waals surface area contributed by atoms with Crippen molar-refractivity contribution in [2.45, 2.75) is 31.7 Å². The predicted molar refractivity (Wildman–Crippen MR) is 89.6 cm³/mol. The first-order valence-electron chi connectivity index (χ1n) is 8.05. The van der Waals surface area contributed by atoms with Crippen LogP contribution in [0.15, 0.2) is 18.5 Å². The van der Waals surface area contributed by atoms with Crippen LogP contribution >= 0.6 is 0 Å². The van der Waals surface area contributed by atoms with Crippen molar-refractivity contribution < 1.29 is 9.59 Å². The Labute approximate surface area is 137 Å². The molecule has 0 aromatic carbocycles. The Bertz CT molecular complexity index is 935. The van der Waals surface area contributed by atoms with Crippen LogP contribution in [-0.4, -0.2) is 38.6 Å². The number of pyridine rings is 1. The molecule has 1 aliphatic rings. The van der Waals surface area contributed by atoms with E-state index in [1.54, 1.807) is 12.4 Å². The van der Waals surface area contributed by atoms with Crippen LogP contribution in [0.5, 0.6) is 0 Å². The van der Waals surface area contributed by atoms with Crippen LogP contribution in [0, 0.1) is 0 Å². The standard InChI is InChI=1S/C16H18N6O2/c1-17-15(23)16(24)20-14-11-8-19-13-10(6-7-18-13)12(11)22(21-14)9-4-2-3-5-9/h6-9,21H,2-5H2,1H3,(H,17,23)(H,20,24). The van der Waals surface area contributed by atoms with Gasteiger partial charge in [0, 0.05) is 24.8 Å². The van der Waals surface area contributed by atoms with Crippen LogP contribution in [0.25, 0.3) is 21.9 Å². The number of amides is 2. The van der Waals surface area contributed by atoms with E-state index in [1.165, 1.54) is 19.9 Å². The highest BCUT2D eigenvalue weighted by Gasteiger charge is 2.24. The zero-order valence-electron chi connectivity index (χ0n) is 13.3. The maximum absolute atomic E-state index is 11.9. The van der Waals surface area contributed by atoms with Crippen LogP contribution in [0.4, 0.5) is 5.82 Å². The monoisotopic (exact) mass is 326 g/mol. The van der Waals surface area contributed by atoms with Crippen LogP contribution in [0.2, 0.25) is 0 Å². The van der Waals surface area contributed by atoms with Crippen molar-refractivity contribution in [1.29, 1.82) is 0 Å². The summed E-state index contributed by atoms with van der Waals surface area (Å²) in [4.78, 5) is 32.1. The number of anilines is 1. The van der Waals surface area contributed by atoms with Gasteiger partial charge in [0.2, 0.25) is 0 Å². The van der Waals surface area contributed by atoms with E-state index in [0.717, 1.165) is 29.1 Å². The molecule has 0 radical (unpaired) electrons. The Morgan fingerprint density at radius 1 is 1.21 bits per heavy atom. The van der Waals surface area contributed by atoms with Crippen LogP contribution in [0.3, 0.4) is 0 Å². The minimum Gasteiger partial charge on any atom is -0.351 e. The first-order valence-corrected chi connectivity index (χ1v) is 8.05. The van der Waals surface area contributed by atoms with Crippen molar-refractivity contribution in [1.82, 2.24) is 25.1 Å². The number of likely N-dealkylation sites (N-methyl/N-ethyl adjacent to an activating group) is 1. The molecule has 3 N–H and O–H groups in total. The molecule has 8 nitrogen and oxygen atoms in total. The van der Waals surface area contributed by atoms with E-state index < -0.39 is 11.8 Å². The lowest BCUT2D eigenvalue weighted by Crippen LogP contribution is -2.32. The number of nitrogens with zero attached hydrogens (tertiary/aromatic N) is 3. The molecule has 8 heteroatoms. The zero-order chi connectivity index (χ0) is 16.7.